The first kappa shape index (κ1) is 15.8. The zero-order chi connectivity index (χ0) is 15.2. The van der Waals surface area contributed by atoms with Crippen molar-refractivity contribution in [1.29, 1.82) is 0 Å². The average Bonchev–Trinajstić information content (AvgIpc) is 2.32. The fourth-order valence-corrected chi connectivity index (χ4v) is 2.61. The molecule has 0 amide bonds. The lowest BCUT2D eigenvalue weighted by Crippen LogP contribution is -2.59. The highest BCUT2D eigenvalue weighted by Gasteiger charge is 2.56. The number of rotatable bonds is 6. The molecule has 0 radical (unpaired) electrons. The highest BCUT2D eigenvalue weighted by Crippen LogP contribution is 2.45. The molecule has 1 aliphatic carbocycles. The van der Waals surface area contributed by atoms with Gasteiger partial charge in [0, 0.05) is 25.7 Å². The van der Waals surface area contributed by atoms with E-state index in [-0.39, 0.29) is 25.7 Å². The second-order valence-electron chi connectivity index (χ2n) is 4.59. The molecule has 2 N–H and O–H groups in total. The molecule has 0 aromatic carbocycles. The maximum absolute atomic E-state index is 11.0. The Balaban J connectivity index is 3.33. The van der Waals surface area contributed by atoms with Gasteiger partial charge in [-0.25, -0.2) is 9.59 Å². The van der Waals surface area contributed by atoms with E-state index in [1.54, 1.807) is 12.2 Å². The third-order valence-electron chi connectivity index (χ3n) is 3.41. The van der Waals surface area contributed by atoms with Gasteiger partial charge in [-0.2, -0.15) is 0 Å². The Kier molecular flexibility index (Phi) is 4.96. The van der Waals surface area contributed by atoms with Crippen LogP contribution in [0.2, 0.25) is 0 Å². The van der Waals surface area contributed by atoms with Crippen LogP contribution >= 0.6 is 0 Å². The summed E-state index contributed by atoms with van der Waals surface area (Å²) in [7, 11) is 0. The summed E-state index contributed by atoms with van der Waals surface area (Å²) in [6, 6.07) is 0. The van der Waals surface area contributed by atoms with Crippen LogP contribution in [0.5, 0.6) is 0 Å². The second-order valence-corrected chi connectivity index (χ2v) is 4.59. The summed E-state index contributed by atoms with van der Waals surface area (Å²) in [5.41, 5.74) is -2.66. The molecule has 110 valence electrons. The van der Waals surface area contributed by atoms with E-state index in [1.165, 1.54) is 12.2 Å². The molecular weight excluding hydrogens is 264 g/mol. The van der Waals surface area contributed by atoms with Gasteiger partial charge in [0.05, 0.1) is 0 Å². The lowest BCUT2D eigenvalue weighted by Gasteiger charge is -2.48. The van der Waals surface area contributed by atoms with Crippen LogP contribution in [0.4, 0.5) is 9.59 Å². The van der Waals surface area contributed by atoms with Crippen molar-refractivity contribution in [3.8, 4) is 0 Å². The third kappa shape index (κ3) is 3.01. The molecule has 6 heteroatoms. The first-order valence-electron chi connectivity index (χ1n) is 6.12. The van der Waals surface area contributed by atoms with E-state index < -0.39 is 23.5 Å². The topological polar surface area (TPSA) is 93.1 Å². The summed E-state index contributed by atoms with van der Waals surface area (Å²) in [6.45, 7) is 7.17. The Bertz CT molecular complexity index is 401. The molecule has 2 unspecified atom stereocenters. The Morgan fingerprint density at radius 1 is 1.00 bits per heavy atom. The Morgan fingerprint density at radius 3 is 1.60 bits per heavy atom. The van der Waals surface area contributed by atoms with Gasteiger partial charge in [-0.3, -0.25) is 0 Å². The number of carboxylic acid groups (broad SMARTS) is 2. The van der Waals surface area contributed by atoms with Crippen LogP contribution in [0, 0.1) is 0 Å². The van der Waals surface area contributed by atoms with E-state index in [9.17, 15) is 9.59 Å². The minimum Gasteiger partial charge on any atom is -0.450 e. The van der Waals surface area contributed by atoms with Gasteiger partial charge in [0.15, 0.2) is 11.2 Å². The summed E-state index contributed by atoms with van der Waals surface area (Å²) >= 11 is 0. The molecule has 0 aromatic rings. The molecule has 20 heavy (non-hydrogen) atoms. The summed E-state index contributed by atoms with van der Waals surface area (Å²) in [4.78, 5) is 22.0. The smallest absolute Gasteiger partial charge is 0.450 e. The van der Waals surface area contributed by atoms with E-state index in [2.05, 4.69) is 13.2 Å². The van der Waals surface area contributed by atoms with E-state index >= 15 is 0 Å². The van der Waals surface area contributed by atoms with Crippen LogP contribution in [-0.4, -0.2) is 33.7 Å². The predicted molar refractivity (Wildman–Crippen MR) is 71.7 cm³/mol. The van der Waals surface area contributed by atoms with Gasteiger partial charge in [-0.15, -0.1) is 13.2 Å². The molecule has 1 aliphatic rings. The van der Waals surface area contributed by atoms with Gasteiger partial charge in [-0.1, -0.05) is 24.3 Å². The highest BCUT2D eigenvalue weighted by atomic mass is 16.7. The van der Waals surface area contributed by atoms with Gasteiger partial charge >= 0.3 is 12.3 Å². The van der Waals surface area contributed by atoms with Crippen LogP contribution in [0.25, 0.3) is 0 Å². The third-order valence-corrected chi connectivity index (χ3v) is 3.41. The second kappa shape index (κ2) is 6.27. The van der Waals surface area contributed by atoms with E-state index in [1.807, 2.05) is 0 Å². The first-order valence-corrected chi connectivity index (χ1v) is 6.12. The van der Waals surface area contributed by atoms with Gasteiger partial charge in [0.1, 0.15) is 0 Å². The van der Waals surface area contributed by atoms with Crippen LogP contribution in [0.15, 0.2) is 37.5 Å². The number of hydrogen-bond donors (Lipinski definition) is 2. The molecule has 0 saturated carbocycles. The minimum atomic E-state index is -1.48. The molecule has 0 heterocycles. The number of carbonyl (C=O) groups is 2. The molecule has 0 bridgehead atoms. The lowest BCUT2D eigenvalue weighted by molar-refractivity contribution is -0.168. The average molecular weight is 282 g/mol. The molecule has 0 spiro atoms. The molecule has 6 nitrogen and oxygen atoms in total. The summed E-state index contributed by atoms with van der Waals surface area (Å²) in [6.07, 6.45) is 4.23. The van der Waals surface area contributed by atoms with Crippen molar-refractivity contribution in [2.75, 3.05) is 0 Å². The zero-order valence-corrected chi connectivity index (χ0v) is 11.1. The van der Waals surface area contributed by atoms with Crippen LogP contribution < -0.4 is 0 Å². The quantitative estimate of drug-likeness (QED) is 0.573. The highest BCUT2D eigenvalue weighted by molar-refractivity contribution is 5.60. The number of ether oxygens (including phenoxy) is 2. The number of hydrogen-bond acceptors (Lipinski definition) is 4. The summed E-state index contributed by atoms with van der Waals surface area (Å²) < 4.78 is 10.1. The normalized spacial score (nSPS) is 28.4. The fraction of sp³-hybridized carbons (Fsp3) is 0.429. The van der Waals surface area contributed by atoms with Crippen molar-refractivity contribution in [2.24, 2.45) is 0 Å². The molecule has 2 atom stereocenters. The Labute approximate surface area is 117 Å². The van der Waals surface area contributed by atoms with E-state index in [4.69, 9.17) is 19.7 Å². The molecule has 0 saturated heterocycles. The monoisotopic (exact) mass is 282 g/mol. The first-order chi connectivity index (χ1) is 9.41. The molecular formula is C14H18O6. The fourth-order valence-electron chi connectivity index (χ4n) is 2.61. The van der Waals surface area contributed by atoms with Crippen LogP contribution in [0.3, 0.4) is 0 Å². The van der Waals surface area contributed by atoms with Gasteiger partial charge < -0.3 is 19.7 Å². The summed E-state index contributed by atoms with van der Waals surface area (Å²) in [5, 5.41) is 18.0. The largest absolute Gasteiger partial charge is 0.506 e. The van der Waals surface area contributed by atoms with Crippen molar-refractivity contribution in [1.82, 2.24) is 0 Å². The van der Waals surface area contributed by atoms with Crippen molar-refractivity contribution in [3.05, 3.63) is 37.5 Å². The van der Waals surface area contributed by atoms with Crippen molar-refractivity contribution >= 4 is 12.3 Å². The zero-order valence-electron chi connectivity index (χ0n) is 11.1. The van der Waals surface area contributed by atoms with E-state index in [0.29, 0.717) is 0 Å². The van der Waals surface area contributed by atoms with Crippen LogP contribution in [0.1, 0.15) is 25.7 Å². The lowest BCUT2D eigenvalue weighted by atomic mass is 9.70. The van der Waals surface area contributed by atoms with Gasteiger partial charge in [-0.05, 0) is 0 Å². The van der Waals surface area contributed by atoms with Gasteiger partial charge in [0.2, 0.25) is 0 Å². The molecule has 0 aliphatic heterocycles. The standard InChI is InChI=1S/C14H18O6/c1-3-7-13(19-11(15)16)9-5-6-10-14(13,8-4-2)20-12(17)18/h3-6H,1-2,7-10H2,(H,15,16)(H,17,18). The summed E-state index contributed by atoms with van der Waals surface area (Å²) in [5.74, 6) is 0. The minimum absolute atomic E-state index is 0.144. The maximum atomic E-state index is 11.0. The van der Waals surface area contributed by atoms with Crippen molar-refractivity contribution in [2.45, 2.75) is 36.9 Å². The molecule has 0 fully saturated rings. The van der Waals surface area contributed by atoms with Crippen LogP contribution in [-0.2, 0) is 9.47 Å². The SMILES string of the molecule is C=CCC1(OC(=O)O)CC=CCC1(CC=C)OC(=O)O. The predicted octanol–water partition coefficient (Wildman–Crippen LogP) is 3.36. The Morgan fingerprint density at radius 2 is 1.35 bits per heavy atom. The molecule has 1 rings (SSSR count). The van der Waals surface area contributed by atoms with Crippen molar-refractivity contribution < 1.29 is 29.3 Å². The Hall–Kier alpha value is -2.24. The van der Waals surface area contributed by atoms with Crippen molar-refractivity contribution in [3.63, 3.8) is 0 Å². The van der Waals surface area contributed by atoms with E-state index in [0.717, 1.165) is 0 Å². The molecule has 0 aromatic heterocycles. The van der Waals surface area contributed by atoms with Gasteiger partial charge in [0.25, 0.3) is 0 Å². The maximum Gasteiger partial charge on any atom is 0.506 e.